The van der Waals surface area contributed by atoms with Gasteiger partial charge in [0.25, 0.3) is 5.91 Å². The third-order valence-electron chi connectivity index (χ3n) is 3.14. The molecule has 0 saturated carbocycles. The molecule has 0 unspecified atom stereocenters. The molecule has 5 heteroatoms. The van der Waals surface area contributed by atoms with Crippen LogP contribution in [0.15, 0.2) is 22.7 Å². The molecule has 2 rings (SSSR count). The van der Waals surface area contributed by atoms with E-state index in [2.05, 4.69) is 26.6 Å². The third kappa shape index (κ3) is 3.46. The highest BCUT2D eigenvalue weighted by Gasteiger charge is 2.15. The fourth-order valence-electron chi connectivity index (χ4n) is 2.15. The fraction of sp³-hybridized carbons (Fsp3) is 0.462. The van der Waals surface area contributed by atoms with Gasteiger partial charge in [0.15, 0.2) is 0 Å². The third-order valence-corrected chi connectivity index (χ3v) is 3.64. The molecule has 0 aromatic heterocycles. The van der Waals surface area contributed by atoms with Gasteiger partial charge in [0.1, 0.15) is 5.75 Å². The smallest absolute Gasteiger partial charge is 0.255 e. The minimum atomic E-state index is -0.230. The monoisotopic (exact) mass is 312 g/mol. The Kier molecular flexibility index (Phi) is 4.60. The van der Waals surface area contributed by atoms with Crippen LogP contribution in [-0.2, 0) is 0 Å². The number of rotatable bonds is 4. The lowest BCUT2D eigenvalue weighted by molar-refractivity contribution is 0.0949. The van der Waals surface area contributed by atoms with Crippen molar-refractivity contribution in [3.05, 3.63) is 28.2 Å². The first kappa shape index (κ1) is 13.4. The average molecular weight is 313 g/mol. The van der Waals surface area contributed by atoms with Crippen molar-refractivity contribution in [3.8, 4) is 5.75 Å². The molecule has 1 amide bonds. The van der Waals surface area contributed by atoms with Gasteiger partial charge in [-0.25, -0.2) is 0 Å². The maximum atomic E-state index is 11.9. The lowest BCUT2D eigenvalue weighted by Crippen LogP contribution is -2.30. The van der Waals surface area contributed by atoms with Crippen molar-refractivity contribution in [2.75, 3.05) is 13.1 Å². The summed E-state index contributed by atoms with van der Waals surface area (Å²) in [4.78, 5) is 11.9. The van der Waals surface area contributed by atoms with Gasteiger partial charge in [0.2, 0.25) is 0 Å². The summed E-state index contributed by atoms with van der Waals surface area (Å²) in [5, 5.41) is 15.8. The van der Waals surface area contributed by atoms with Crippen molar-refractivity contribution in [3.63, 3.8) is 0 Å². The Morgan fingerprint density at radius 1 is 1.56 bits per heavy atom. The van der Waals surface area contributed by atoms with Crippen molar-refractivity contribution < 1.29 is 9.90 Å². The summed E-state index contributed by atoms with van der Waals surface area (Å²) in [6, 6.07) is 5.35. The van der Waals surface area contributed by atoms with E-state index in [0.717, 1.165) is 17.4 Å². The molecule has 0 radical (unpaired) electrons. The number of aromatic hydroxyl groups is 1. The molecule has 1 aromatic carbocycles. The van der Waals surface area contributed by atoms with Crippen molar-refractivity contribution in [2.45, 2.75) is 25.3 Å². The Labute approximate surface area is 115 Å². The molecule has 1 saturated heterocycles. The Hall–Kier alpha value is -1.07. The van der Waals surface area contributed by atoms with Gasteiger partial charge in [-0.15, -0.1) is 0 Å². The van der Waals surface area contributed by atoms with E-state index in [1.54, 1.807) is 12.1 Å². The highest BCUT2D eigenvalue weighted by atomic mass is 79.9. The van der Waals surface area contributed by atoms with Gasteiger partial charge >= 0.3 is 0 Å². The lowest BCUT2D eigenvalue weighted by atomic mass is 10.1. The second-order valence-electron chi connectivity index (χ2n) is 4.50. The van der Waals surface area contributed by atoms with Gasteiger partial charge in [-0.05, 0) is 44.0 Å². The summed E-state index contributed by atoms with van der Waals surface area (Å²) >= 11 is 3.29. The number of halogens is 1. The standard InChI is InChI=1S/C13H17BrN2O2/c14-9-3-4-12(17)11(8-9)13(18)16-7-5-10-2-1-6-15-10/h3-4,8,10,15,17H,1-2,5-7H2,(H,16,18)/t10-/m1/s1. The summed E-state index contributed by atoms with van der Waals surface area (Å²) < 4.78 is 0.780. The number of carbonyl (C=O) groups is 1. The molecule has 3 N–H and O–H groups in total. The van der Waals surface area contributed by atoms with Crippen LogP contribution in [-0.4, -0.2) is 30.1 Å². The highest BCUT2D eigenvalue weighted by molar-refractivity contribution is 9.10. The second-order valence-corrected chi connectivity index (χ2v) is 5.41. The first-order valence-corrected chi connectivity index (χ1v) is 6.96. The number of carbonyl (C=O) groups excluding carboxylic acids is 1. The molecule has 0 aliphatic carbocycles. The molecule has 1 aromatic rings. The van der Waals surface area contributed by atoms with Crippen LogP contribution in [0.25, 0.3) is 0 Å². The van der Waals surface area contributed by atoms with Crippen LogP contribution < -0.4 is 10.6 Å². The van der Waals surface area contributed by atoms with E-state index in [4.69, 9.17) is 0 Å². The zero-order chi connectivity index (χ0) is 13.0. The molecule has 0 spiro atoms. The highest BCUT2D eigenvalue weighted by Crippen LogP contribution is 2.21. The maximum absolute atomic E-state index is 11.9. The van der Waals surface area contributed by atoms with Gasteiger partial charge in [-0.1, -0.05) is 15.9 Å². The number of hydrogen-bond acceptors (Lipinski definition) is 3. The van der Waals surface area contributed by atoms with E-state index in [-0.39, 0.29) is 11.7 Å². The normalized spacial score (nSPS) is 18.8. The topological polar surface area (TPSA) is 61.4 Å². The number of phenolic OH excluding ortho intramolecular Hbond substituents is 1. The van der Waals surface area contributed by atoms with E-state index in [1.807, 2.05) is 0 Å². The van der Waals surface area contributed by atoms with Gasteiger partial charge in [-0.2, -0.15) is 0 Å². The minimum absolute atomic E-state index is 0.00897. The predicted octanol–water partition coefficient (Wildman–Crippen LogP) is 2.03. The largest absolute Gasteiger partial charge is 0.507 e. The molecule has 1 heterocycles. The SMILES string of the molecule is O=C(NCC[C@H]1CCCN1)c1cc(Br)ccc1O. The minimum Gasteiger partial charge on any atom is -0.507 e. The van der Waals surface area contributed by atoms with E-state index in [1.165, 1.54) is 18.9 Å². The van der Waals surface area contributed by atoms with Crippen LogP contribution in [0.3, 0.4) is 0 Å². The Balaban J connectivity index is 1.85. The van der Waals surface area contributed by atoms with Crippen LogP contribution in [0.1, 0.15) is 29.6 Å². The molecule has 98 valence electrons. The van der Waals surface area contributed by atoms with Gasteiger partial charge in [0, 0.05) is 17.1 Å². The summed E-state index contributed by atoms with van der Waals surface area (Å²) in [7, 11) is 0. The summed E-state index contributed by atoms with van der Waals surface area (Å²) in [5.74, 6) is -0.221. The zero-order valence-corrected chi connectivity index (χ0v) is 11.7. The molecule has 4 nitrogen and oxygen atoms in total. The van der Waals surface area contributed by atoms with Crippen molar-refractivity contribution in [1.82, 2.24) is 10.6 Å². The van der Waals surface area contributed by atoms with Crippen LogP contribution in [0, 0.1) is 0 Å². The molecule has 1 aliphatic heterocycles. The molecule has 18 heavy (non-hydrogen) atoms. The first-order chi connectivity index (χ1) is 8.66. The second kappa shape index (κ2) is 6.20. The number of phenols is 1. The van der Waals surface area contributed by atoms with Crippen molar-refractivity contribution in [1.29, 1.82) is 0 Å². The Bertz CT molecular complexity index is 431. The Morgan fingerprint density at radius 3 is 3.11 bits per heavy atom. The van der Waals surface area contributed by atoms with Crippen LogP contribution >= 0.6 is 15.9 Å². The molecule has 1 aliphatic rings. The van der Waals surface area contributed by atoms with Gasteiger partial charge in [-0.3, -0.25) is 4.79 Å². The van der Waals surface area contributed by atoms with Crippen molar-refractivity contribution >= 4 is 21.8 Å². The summed E-state index contributed by atoms with van der Waals surface area (Å²) in [6.07, 6.45) is 3.32. The number of amides is 1. The average Bonchev–Trinajstić information content (AvgIpc) is 2.85. The van der Waals surface area contributed by atoms with Crippen LogP contribution in [0.5, 0.6) is 5.75 Å². The number of hydrogen-bond donors (Lipinski definition) is 3. The zero-order valence-electron chi connectivity index (χ0n) is 10.1. The van der Waals surface area contributed by atoms with Gasteiger partial charge in [0.05, 0.1) is 5.56 Å². The quantitative estimate of drug-likeness (QED) is 0.797. The first-order valence-electron chi connectivity index (χ1n) is 6.17. The van der Waals surface area contributed by atoms with Crippen LogP contribution in [0.2, 0.25) is 0 Å². The molecule has 1 atom stereocenters. The van der Waals surface area contributed by atoms with Crippen molar-refractivity contribution in [2.24, 2.45) is 0 Å². The predicted molar refractivity (Wildman–Crippen MR) is 73.8 cm³/mol. The Morgan fingerprint density at radius 2 is 2.39 bits per heavy atom. The van der Waals surface area contributed by atoms with Crippen LogP contribution in [0.4, 0.5) is 0 Å². The molecule has 0 bridgehead atoms. The molecular formula is C13H17BrN2O2. The fourth-order valence-corrected chi connectivity index (χ4v) is 2.51. The summed E-state index contributed by atoms with van der Waals surface area (Å²) in [5.41, 5.74) is 0.309. The van der Waals surface area contributed by atoms with E-state index in [0.29, 0.717) is 18.2 Å². The number of benzene rings is 1. The van der Waals surface area contributed by atoms with E-state index < -0.39 is 0 Å². The molecule has 1 fully saturated rings. The van der Waals surface area contributed by atoms with E-state index in [9.17, 15) is 9.90 Å². The lowest BCUT2D eigenvalue weighted by Gasteiger charge is -2.11. The number of nitrogens with one attached hydrogen (secondary N) is 2. The molecular weight excluding hydrogens is 296 g/mol. The maximum Gasteiger partial charge on any atom is 0.255 e. The summed E-state index contributed by atoms with van der Waals surface area (Å²) in [6.45, 7) is 1.70. The van der Waals surface area contributed by atoms with E-state index >= 15 is 0 Å². The van der Waals surface area contributed by atoms with Gasteiger partial charge < -0.3 is 15.7 Å².